The first-order valence-corrected chi connectivity index (χ1v) is 10.4. The third-order valence-electron chi connectivity index (χ3n) is 3.92. The fraction of sp³-hybridized carbons (Fsp3) is 0.150. The normalized spacial score (nSPS) is 10.7. The van der Waals surface area contributed by atoms with Crippen LogP contribution in [-0.2, 0) is 17.8 Å². The molecule has 0 bridgehead atoms. The van der Waals surface area contributed by atoms with E-state index in [2.05, 4.69) is 22.1 Å². The molecule has 29 heavy (non-hydrogen) atoms. The molecule has 3 aromatic rings. The SMILES string of the molecule is C=CCn1c(Cc2ccc(Cl)cc2)nnc1SCC(=O)Nc1ccc(F)c(Cl)c1. The molecule has 0 atom stereocenters. The molecule has 0 saturated heterocycles. The summed E-state index contributed by atoms with van der Waals surface area (Å²) in [6.45, 7) is 4.30. The molecule has 0 fully saturated rings. The maximum atomic E-state index is 13.2. The van der Waals surface area contributed by atoms with Crippen molar-refractivity contribution >= 4 is 46.6 Å². The molecule has 1 amide bonds. The van der Waals surface area contributed by atoms with E-state index in [0.717, 1.165) is 11.4 Å². The first-order chi connectivity index (χ1) is 14.0. The van der Waals surface area contributed by atoms with E-state index in [1.54, 1.807) is 6.08 Å². The molecule has 1 aromatic heterocycles. The minimum absolute atomic E-state index is 0.0481. The molecule has 0 unspecified atom stereocenters. The molecule has 0 aliphatic rings. The summed E-state index contributed by atoms with van der Waals surface area (Å²) in [5.74, 6) is 0.0842. The molecule has 5 nitrogen and oxygen atoms in total. The number of carbonyl (C=O) groups excluding carboxylic acids is 1. The molecule has 2 aromatic carbocycles. The molecule has 0 radical (unpaired) electrons. The summed E-state index contributed by atoms with van der Waals surface area (Å²) in [5, 5.41) is 12.4. The Kier molecular flexibility index (Phi) is 7.30. The summed E-state index contributed by atoms with van der Waals surface area (Å²) >= 11 is 12.9. The van der Waals surface area contributed by atoms with Crippen LogP contribution in [0.4, 0.5) is 10.1 Å². The number of hydrogen-bond acceptors (Lipinski definition) is 4. The molecule has 1 heterocycles. The number of carbonyl (C=O) groups is 1. The fourth-order valence-electron chi connectivity index (χ4n) is 2.55. The predicted molar refractivity (Wildman–Crippen MR) is 115 cm³/mol. The number of nitrogens with one attached hydrogen (secondary N) is 1. The minimum atomic E-state index is -0.537. The summed E-state index contributed by atoms with van der Waals surface area (Å²) < 4.78 is 15.1. The molecule has 150 valence electrons. The van der Waals surface area contributed by atoms with Gasteiger partial charge in [-0.3, -0.25) is 4.79 Å². The van der Waals surface area contributed by atoms with Crippen LogP contribution < -0.4 is 5.32 Å². The second-order valence-corrected chi connectivity index (χ2v) is 7.85. The molecule has 0 aliphatic heterocycles. The molecule has 0 saturated carbocycles. The average molecular weight is 451 g/mol. The van der Waals surface area contributed by atoms with Gasteiger partial charge in [-0.25, -0.2) is 4.39 Å². The van der Waals surface area contributed by atoms with Gasteiger partial charge in [0.25, 0.3) is 0 Å². The van der Waals surface area contributed by atoms with Crippen molar-refractivity contribution in [3.8, 4) is 0 Å². The number of hydrogen-bond donors (Lipinski definition) is 1. The van der Waals surface area contributed by atoms with Crippen molar-refractivity contribution in [2.75, 3.05) is 11.1 Å². The molecule has 1 N–H and O–H groups in total. The summed E-state index contributed by atoms with van der Waals surface area (Å²) in [7, 11) is 0. The first-order valence-electron chi connectivity index (χ1n) is 8.61. The van der Waals surface area contributed by atoms with Crippen molar-refractivity contribution in [2.45, 2.75) is 18.1 Å². The van der Waals surface area contributed by atoms with E-state index in [9.17, 15) is 9.18 Å². The van der Waals surface area contributed by atoms with Gasteiger partial charge in [0.05, 0.1) is 10.8 Å². The Hall–Kier alpha value is -2.35. The highest BCUT2D eigenvalue weighted by Gasteiger charge is 2.14. The van der Waals surface area contributed by atoms with Crippen molar-refractivity contribution in [2.24, 2.45) is 0 Å². The zero-order valence-electron chi connectivity index (χ0n) is 15.2. The van der Waals surface area contributed by atoms with E-state index in [0.29, 0.717) is 28.8 Å². The van der Waals surface area contributed by atoms with E-state index in [4.69, 9.17) is 23.2 Å². The summed E-state index contributed by atoms with van der Waals surface area (Å²) in [6.07, 6.45) is 2.33. The number of thioether (sulfide) groups is 1. The van der Waals surface area contributed by atoms with Crippen molar-refractivity contribution in [1.82, 2.24) is 14.8 Å². The number of allylic oxidation sites excluding steroid dienone is 1. The monoisotopic (exact) mass is 450 g/mol. The zero-order valence-corrected chi connectivity index (χ0v) is 17.6. The Balaban J connectivity index is 1.66. The van der Waals surface area contributed by atoms with E-state index in [-0.39, 0.29) is 16.7 Å². The van der Waals surface area contributed by atoms with Crippen LogP contribution in [0.1, 0.15) is 11.4 Å². The molecular weight excluding hydrogens is 434 g/mol. The average Bonchev–Trinajstić information content (AvgIpc) is 3.07. The third-order valence-corrected chi connectivity index (χ3v) is 5.42. The Bertz CT molecular complexity index is 1020. The first kappa shape index (κ1) is 21.4. The van der Waals surface area contributed by atoms with Gasteiger partial charge in [0.1, 0.15) is 11.6 Å². The van der Waals surface area contributed by atoms with Gasteiger partial charge in [-0.2, -0.15) is 0 Å². The van der Waals surface area contributed by atoms with E-state index in [1.165, 1.54) is 30.0 Å². The standard InChI is InChI=1S/C20H17Cl2FN4OS/c1-2-9-27-18(10-13-3-5-14(21)6-4-13)25-26-20(27)29-12-19(28)24-15-7-8-17(23)16(22)11-15/h2-8,11H,1,9-10,12H2,(H,24,28). The van der Waals surface area contributed by atoms with E-state index < -0.39 is 5.82 Å². The van der Waals surface area contributed by atoms with Crippen molar-refractivity contribution in [1.29, 1.82) is 0 Å². The maximum Gasteiger partial charge on any atom is 0.234 e. The highest BCUT2D eigenvalue weighted by Crippen LogP contribution is 2.22. The van der Waals surface area contributed by atoms with Crippen LogP contribution in [0.25, 0.3) is 0 Å². The fourth-order valence-corrected chi connectivity index (χ4v) is 3.63. The minimum Gasteiger partial charge on any atom is -0.325 e. The third kappa shape index (κ3) is 5.82. The maximum absolute atomic E-state index is 13.2. The second-order valence-electron chi connectivity index (χ2n) is 6.07. The van der Waals surface area contributed by atoms with Crippen LogP contribution in [0.2, 0.25) is 10.0 Å². The van der Waals surface area contributed by atoms with Gasteiger partial charge in [-0.05, 0) is 35.9 Å². The van der Waals surface area contributed by atoms with Crippen LogP contribution in [0.5, 0.6) is 0 Å². The number of rotatable bonds is 8. The van der Waals surface area contributed by atoms with Gasteiger partial charge in [0.15, 0.2) is 5.16 Å². The van der Waals surface area contributed by atoms with Crippen LogP contribution in [0.3, 0.4) is 0 Å². The van der Waals surface area contributed by atoms with Gasteiger partial charge in [0.2, 0.25) is 5.91 Å². The zero-order chi connectivity index (χ0) is 20.8. The van der Waals surface area contributed by atoms with E-state index >= 15 is 0 Å². The number of aromatic nitrogens is 3. The van der Waals surface area contributed by atoms with Crippen LogP contribution in [-0.4, -0.2) is 26.4 Å². The summed E-state index contributed by atoms with van der Waals surface area (Å²) in [5.41, 5.74) is 1.48. The lowest BCUT2D eigenvalue weighted by Crippen LogP contribution is -2.15. The van der Waals surface area contributed by atoms with Crippen LogP contribution in [0, 0.1) is 5.82 Å². The molecular formula is C20H17Cl2FN4OS. The van der Waals surface area contributed by atoms with Crippen LogP contribution in [0.15, 0.2) is 60.3 Å². The second kappa shape index (κ2) is 9.91. The summed E-state index contributed by atoms with van der Waals surface area (Å²) in [4.78, 5) is 12.2. The highest BCUT2D eigenvalue weighted by atomic mass is 35.5. The van der Waals surface area contributed by atoms with Gasteiger partial charge in [-0.15, -0.1) is 16.8 Å². The number of halogens is 3. The number of benzene rings is 2. The Morgan fingerprint density at radius 1 is 1.21 bits per heavy atom. The largest absolute Gasteiger partial charge is 0.325 e. The van der Waals surface area contributed by atoms with Gasteiger partial charge in [-0.1, -0.05) is 53.2 Å². The molecule has 9 heteroatoms. The number of nitrogens with zero attached hydrogens (tertiary/aromatic N) is 3. The Morgan fingerprint density at radius 2 is 1.97 bits per heavy atom. The number of anilines is 1. The molecule has 0 aliphatic carbocycles. The van der Waals surface area contributed by atoms with Crippen LogP contribution >= 0.6 is 35.0 Å². The predicted octanol–water partition coefficient (Wildman–Crippen LogP) is 5.23. The topological polar surface area (TPSA) is 59.8 Å². The lowest BCUT2D eigenvalue weighted by atomic mass is 10.1. The lowest BCUT2D eigenvalue weighted by Gasteiger charge is -2.09. The molecule has 3 rings (SSSR count). The van der Waals surface area contributed by atoms with E-state index in [1.807, 2.05) is 28.8 Å². The smallest absolute Gasteiger partial charge is 0.234 e. The number of amides is 1. The Morgan fingerprint density at radius 3 is 2.66 bits per heavy atom. The van der Waals surface area contributed by atoms with Gasteiger partial charge in [0, 0.05) is 23.7 Å². The van der Waals surface area contributed by atoms with Gasteiger partial charge < -0.3 is 9.88 Å². The van der Waals surface area contributed by atoms with Gasteiger partial charge >= 0.3 is 0 Å². The molecule has 0 spiro atoms. The highest BCUT2D eigenvalue weighted by molar-refractivity contribution is 7.99. The van der Waals surface area contributed by atoms with Crippen molar-refractivity contribution in [3.05, 3.63) is 82.4 Å². The van der Waals surface area contributed by atoms with Crippen molar-refractivity contribution in [3.63, 3.8) is 0 Å². The lowest BCUT2D eigenvalue weighted by molar-refractivity contribution is -0.113. The summed E-state index contributed by atoms with van der Waals surface area (Å²) in [6, 6.07) is 11.5. The Labute approximate surface area is 181 Å². The quantitative estimate of drug-likeness (QED) is 0.376. The van der Waals surface area contributed by atoms with Crippen molar-refractivity contribution < 1.29 is 9.18 Å².